The molecule has 0 spiro atoms. The number of rotatable bonds is 11. The topological polar surface area (TPSA) is 12.9 Å². The van der Waals surface area contributed by atoms with E-state index in [1.807, 2.05) is 6.20 Å². The third kappa shape index (κ3) is 5.06. The summed E-state index contributed by atoms with van der Waals surface area (Å²) < 4.78 is 0. The quantitative estimate of drug-likeness (QED) is 0.391. The second kappa shape index (κ2) is 9.81. The second-order valence-corrected chi connectivity index (χ2v) is 7.56. The Morgan fingerprint density at radius 3 is 2.08 bits per heavy atom. The Balaban J connectivity index is 2.22. The Hall–Kier alpha value is -1.37. The molecular weight excluding hydrogens is 290 g/mol. The number of hydrogen-bond donors (Lipinski definition) is 0. The summed E-state index contributed by atoms with van der Waals surface area (Å²) in [5.74, 6) is 0. The van der Waals surface area contributed by atoms with E-state index in [9.17, 15) is 0 Å². The molecule has 1 nitrogen and oxygen atoms in total. The Morgan fingerprint density at radius 2 is 1.46 bits per heavy atom. The molecule has 0 amide bonds. The number of hydrogen-bond acceptors (Lipinski definition) is 1. The van der Waals surface area contributed by atoms with Crippen LogP contribution in [0.25, 0.3) is 10.9 Å². The van der Waals surface area contributed by atoms with Gasteiger partial charge in [-0.15, -0.1) is 0 Å². The summed E-state index contributed by atoms with van der Waals surface area (Å²) in [6.07, 6.45) is 15.3. The summed E-state index contributed by atoms with van der Waals surface area (Å²) in [6, 6.07) is 11.0. The van der Waals surface area contributed by atoms with Crippen molar-refractivity contribution in [2.75, 3.05) is 0 Å². The van der Waals surface area contributed by atoms with Crippen molar-refractivity contribution in [1.29, 1.82) is 0 Å². The molecular formula is C23H35N. The lowest BCUT2D eigenvalue weighted by Gasteiger charge is -2.32. The summed E-state index contributed by atoms with van der Waals surface area (Å²) in [4.78, 5) is 4.57. The SMILES string of the molecule is CCCCCCC(C)(CCCCCC)c1cccc2ncccc12. The minimum atomic E-state index is 0.282. The van der Waals surface area contributed by atoms with Crippen LogP contribution in [0.4, 0.5) is 0 Å². The minimum absolute atomic E-state index is 0.282. The van der Waals surface area contributed by atoms with Crippen LogP contribution in [-0.4, -0.2) is 4.98 Å². The van der Waals surface area contributed by atoms with Crippen molar-refractivity contribution >= 4 is 10.9 Å². The minimum Gasteiger partial charge on any atom is -0.256 e. The number of pyridine rings is 1. The van der Waals surface area contributed by atoms with Crippen molar-refractivity contribution in [1.82, 2.24) is 4.98 Å². The molecule has 0 saturated carbocycles. The summed E-state index contributed by atoms with van der Waals surface area (Å²) in [6.45, 7) is 7.08. The Bertz CT molecular complexity index is 585. The van der Waals surface area contributed by atoms with Crippen molar-refractivity contribution in [3.8, 4) is 0 Å². The van der Waals surface area contributed by atoms with Crippen LogP contribution in [0.2, 0.25) is 0 Å². The van der Waals surface area contributed by atoms with Gasteiger partial charge in [-0.2, -0.15) is 0 Å². The molecule has 0 bridgehead atoms. The zero-order valence-corrected chi connectivity index (χ0v) is 16.0. The van der Waals surface area contributed by atoms with E-state index in [0.717, 1.165) is 5.52 Å². The van der Waals surface area contributed by atoms with Gasteiger partial charge < -0.3 is 0 Å². The monoisotopic (exact) mass is 325 g/mol. The number of unbranched alkanes of at least 4 members (excludes halogenated alkanes) is 6. The molecule has 1 aromatic carbocycles. The van der Waals surface area contributed by atoms with Crippen LogP contribution >= 0.6 is 0 Å². The Kier molecular flexibility index (Phi) is 7.75. The number of aromatic nitrogens is 1. The van der Waals surface area contributed by atoms with Crippen molar-refractivity contribution in [3.05, 3.63) is 42.1 Å². The van der Waals surface area contributed by atoms with Gasteiger partial charge in [0.05, 0.1) is 5.52 Å². The third-order valence-electron chi connectivity index (χ3n) is 5.46. The van der Waals surface area contributed by atoms with Gasteiger partial charge >= 0.3 is 0 Å². The highest BCUT2D eigenvalue weighted by Gasteiger charge is 2.27. The predicted molar refractivity (Wildman–Crippen MR) is 107 cm³/mol. The van der Waals surface area contributed by atoms with Crippen LogP contribution in [0.1, 0.15) is 90.5 Å². The molecule has 0 aliphatic heterocycles. The summed E-state index contributed by atoms with van der Waals surface area (Å²) in [7, 11) is 0. The van der Waals surface area contributed by atoms with Crippen molar-refractivity contribution in [3.63, 3.8) is 0 Å². The lowest BCUT2D eigenvalue weighted by Crippen LogP contribution is -2.22. The number of nitrogens with zero attached hydrogens (tertiary/aromatic N) is 1. The zero-order chi connectivity index (χ0) is 17.3. The summed E-state index contributed by atoms with van der Waals surface area (Å²) >= 11 is 0. The van der Waals surface area contributed by atoms with Gasteiger partial charge in [0.15, 0.2) is 0 Å². The van der Waals surface area contributed by atoms with Gasteiger partial charge in [0.1, 0.15) is 0 Å². The predicted octanol–water partition coefficient (Wildman–Crippen LogP) is 7.43. The van der Waals surface area contributed by atoms with E-state index in [1.165, 1.54) is 75.2 Å². The van der Waals surface area contributed by atoms with E-state index in [4.69, 9.17) is 0 Å². The van der Waals surface area contributed by atoms with Gasteiger partial charge in [-0.25, -0.2) is 0 Å². The fraction of sp³-hybridized carbons (Fsp3) is 0.609. The third-order valence-corrected chi connectivity index (χ3v) is 5.46. The molecule has 0 atom stereocenters. The molecule has 0 unspecified atom stereocenters. The number of benzene rings is 1. The summed E-state index contributed by atoms with van der Waals surface area (Å²) in [5, 5.41) is 1.36. The molecule has 1 heterocycles. The smallest absolute Gasteiger partial charge is 0.0704 e. The zero-order valence-electron chi connectivity index (χ0n) is 16.0. The van der Waals surface area contributed by atoms with Crippen LogP contribution in [0.5, 0.6) is 0 Å². The molecule has 0 fully saturated rings. The first-order valence-electron chi connectivity index (χ1n) is 10.1. The standard InChI is InChI=1S/C23H35N/c1-4-6-8-10-17-23(3,18-11-9-7-5-2)21-15-12-16-22-20(21)14-13-19-24-22/h12-16,19H,4-11,17-18H2,1-3H3. The van der Waals surface area contributed by atoms with Crippen LogP contribution in [0.15, 0.2) is 36.5 Å². The first-order valence-corrected chi connectivity index (χ1v) is 10.1. The molecule has 0 radical (unpaired) electrons. The van der Waals surface area contributed by atoms with Crippen molar-refractivity contribution < 1.29 is 0 Å². The fourth-order valence-electron chi connectivity index (χ4n) is 3.91. The summed E-state index contributed by atoms with van der Waals surface area (Å²) in [5.41, 5.74) is 2.94. The van der Waals surface area contributed by atoms with Gasteiger partial charge in [-0.3, -0.25) is 4.98 Å². The number of fused-ring (bicyclic) bond motifs is 1. The molecule has 0 saturated heterocycles. The maximum absolute atomic E-state index is 4.57. The van der Waals surface area contributed by atoms with Gasteiger partial charge in [-0.05, 0) is 36.0 Å². The maximum atomic E-state index is 4.57. The lowest BCUT2D eigenvalue weighted by molar-refractivity contribution is 0.366. The second-order valence-electron chi connectivity index (χ2n) is 7.56. The van der Waals surface area contributed by atoms with Crippen molar-refractivity contribution in [2.45, 2.75) is 90.4 Å². The Labute approximate surface area is 148 Å². The van der Waals surface area contributed by atoms with Gasteiger partial charge in [-0.1, -0.05) is 90.3 Å². The lowest BCUT2D eigenvalue weighted by atomic mass is 9.73. The molecule has 1 heteroatoms. The molecule has 0 N–H and O–H groups in total. The van der Waals surface area contributed by atoms with E-state index in [0.29, 0.717) is 0 Å². The molecule has 1 aromatic heterocycles. The highest BCUT2D eigenvalue weighted by atomic mass is 14.6. The molecule has 132 valence electrons. The molecule has 0 aliphatic carbocycles. The molecule has 2 rings (SSSR count). The first-order chi connectivity index (χ1) is 11.7. The van der Waals surface area contributed by atoms with Crippen LogP contribution < -0.4 is 0 Å². The molecule has 2 aromatic rings. The van der Waals surface area contributed by atoms with E-state index in [2.05, 4.69) is 56.1 Å². The Morgan fingerprint density at radius 1 is 0.792 bits per heavy atom. The molecule has 0 aliphatic rings. The maximum Gasteiger partial charge on any atom is 0.0704 e. The van der Waals surface area contributed by atoms with Crippen LogP contribution in [0.3, 0.4) is 0 Å². The van der Waals surface area contributed by atoms with E-state index in [-0.39, 0.29) is 5.41 Å². The largest absolute Gasteiger partial charge is 0.256 e. The average Bonchev–Trinajstić information content (AvgIpc) is 2.62. The highest BCUT2D eigenvalue weighted by Crippen LogP contribution is 2.38. The van der Waals surface area contributed by atoms with E-state index in [1.54, 1.807) is 0 Å². The van der Waals surface area contributed by atoms with E-state index >= 15 is 0 Å². The normalized spacial score (nSPS) is 12.0. The van der Waals surface area contributed by atoms with Gasteiger partial charge in [0, 0.05) is 11.6 Å². The average molecular weight is 326 g/mol. The first kappa shape index (κ1) is 19.0. The fourth-order valence-corrected chi connectivity index (χ4v) is 3.91. The van der Waals surface area contributed by atoms with Crippen LogP contribution in [-0.2, 0) is 5.41 Å². The van der Waals surface area contributed by atoms with Crippen LogP contribution in [0, 0.1) is 0 Å². The van der Waals surface area contributed by atoms with E-state index < -0.39 is 0 Å². The highest BCUT2D eigenvalue weighted by molar-refractivity contribution is 5.83. The van der Waals surface area contributed by atoms with Gasteiger partial charge in [0.2, 0.25) is 0 Å². The van der Waals surface area contributed by atoms with Gasteiger partial charge in [0.25, 0.3) is 0 Å². The van der Waals surface area contributed by atoms with Crippen molar-refractivity contribution in [2.24, 2.45) is 0 Å². The molecule has 24 heavy (non-hydrogen) atoms.